The van der Waals surface area contributed by atoms with Gasteiger partial charge in [0.15, 0.2) is 11.6 Å². The van der Waals surface area contributed by atoms with Crippen LogP contribution in [0.25, 0.3) is 0 Å². The molecule has 0 bridgehead atoms. The molecule has 3 heterocycles. The SMILES string of the molecule is COc1cccnc1NC(=O)C1CCN(S(=O)(=O)c2cccnc2Cl)CC1. The lowest BCUT2D eigenvalue weighted by molar-refractivity contribution is -0.120. The molecule has 2 aromatic heterocycles. The predicted octanol–water partition coefficient (Wildman–Crippen LogP) is 2.18. The van der Waals surface area contributed by atoms with Crippen LogP contribution in [-0.4, -0.2) is 48.8 Å². The first kappa shape index (κ1) is 19.5. The molecule has 0 unspecified atom stereocenters. The lowest BCUT2D eigenvalue weighted by Crippen LogP contribution is -2.41. The molecule has 1 aliphatic rings. The molecule has 0 aliphatic carbocycles. The lowest BCUT2D eigenvalue weighted by Gasteiger charge is -2.30. The first-order chi connectivity index (χ1) is 12.9. The van der Waals surface area contributed by atoms with Crippen molar-refractivity contribution < 1.29 is 17.9 Å². The van der Waals surface area contributed by atoms with E-state index < -0.39 is 10.0 Å². The molecule has 0 atom stereocenters. The summed E-state index contributed by atoms with van der Waals surface area (Å²) in [5, 5.41) is 2.70. The average molecular weight is 411 g/mol. The summed E-state index contributed by atoms with van der Waals surface area (Å²) in [5.41, 5.74) is 0. The molecule has 0 radical (unpaired) electrons. The van der Waals surface area contributed by atoms with Crippen LogP contribution in [0.2, 0.25) is 5.15 Å². The van der Waals surface area contributed by atoms with Gasteiger partial charge in [0.25, 0.3) is 0 Å². The number of carbonyl (C=O) groups excluding carboxylic acids is 1. The van der Waals surface area contributed by atoms with Crippen molar-refractivity contribution >= 4 is 33.3 Å². The summed E-state index contributed by atoms with van der Waals surface area (Å²) in [6.45, 7) is 0.454. The molecule has 144 valence electrons. The lowest BCUT2D eigenvalue weighted by atomic mass is 9.97. The van der Waals surface area contributed by atoms with Crippen molar-refractivity contribution in [3.05, 3.63) is 41.8 Å². The first-order valence-electron chi connectivity index (χ1n) is 8.34. The van der Waals surface area contributed by atoms with E-state index in [1.165, 1.54) is 29.7 Å². The van der Waals surface area contributed by atoms with Gasteiger partial charge in [-0.2, -0.15) is 4.31 Å². The topological polar surface area (TPSA) is 101 Å². The van der Waals surface area contributed by atoms with E-state index in [0.717, 1.165) is 0 Å². The van der Waals surface area contributed by atoms with Crippen molar-refractivity contribution in [2.45, 2.75) is 17.7 Å². The number of methoxy groups -OCH3 is 1. The molecular weight excluding hydrogens is 392 g/mol. The quantitative estimate of drug-likeness (QED) is 0.758. The van der Waals surface area contributed by atoms with Crippen molar-refractivity contribution in [1.29, 1.82) is 0 Å². The zero-order chi connectivity index (χ0) is 19.4. The van der Waals surface area contributed by atoms with Crippen LogP contribution < -0.4 is 10.1 Å². The highest BCUT2D eigenvalue weighted by Gasteiger charge is 2.33. The van der Waals surface area contributed by atoms with E-state index in [4.69, 9.17) is 16.3 Å². The van der Waals surface area contributed by atoms with Gasteiger partial charge in [-0.05, 0) is 37.1 Å². The minimum atomic E-state index is -3.74. The number of nitrogens with one attached hydrogen (secondary N) is 1. The number of sulfonamides is 1. The fourth-order valence-electron chi connectivity index (χ4n) is 2.93. The van der Waals surface area contributed by atoms with Crippen molar-refractivity contribution in [3.8, 4) is 5.75 Å². The van der Waals surface area contributed by atoms with E-state index >= 15 is 0 Å². The molecule has 2 aromatic rings. The third-order valence-corrected chi connectivity index (χ3v) is 6.74. The normalized spacial score (nSPS) is 16.1. The van der Waals surface area contributed by atoms with Crippen molar-refractivity contribution in [3.63, 3.8) is 0 Å². The number of ether oxygens (including phenoxy) is 1. The van der Waals surface area contributed by atoms with Crippen LogP contribution in [-0.2, 0) is 14.8 Å². The number of nitrogens with zero attached hydrogens (tertiary/aromatic N) is 3. The summed E-state index contributed by atoms with van der Waals surface area (Å²) < 4.78 is 32.0. The predicted molar refractivity (Wildman–Crippen MR) is 100 cm³/mol. The number of anilines is 1. The Bertz CT molecular complexity index is 930. The Morgan fingerprint density at radius 3 is 2.56 bits per heavy atom. The van der Waals surface area contributed by atoms with Gasteiger partial charge in [0.2, 0.25) is 15.9 Å². The van der Waals surface area contributed by atoms with E-state index in [2.05, 4.69) is 15.3 Å². The zero-order valence-electron chi connectivity index (χ0n) is 14.6. The van der Waals surface area contributed by atoms with Gasteiger partial charge in [0.1, 0.15) is 10.0 Å². The van der Waals surface area contributed by atoms with Gasteiger partial charge >= 0.3 is 0 Å². The molecule has 10 heteroatoms. The van der Waals surface area contributed by atoms with Gasteiger partial charge < -0.3 is 10.1 Å². The van der Waals surface area contributed by atoms with Crippen molar-refractivity contribution in [1.82, 2.24) is 14.3 Å². The molecule has 1 saturated heterocycles. The highest BCUT2D eigenvalue weighted by atomic mass is 35.5. The van der Waals surface area contributed by atoms with Crippen LogP contribution in [0.5, 0.6) is 5.75 Å². The largest absolute Gasteiger partial charge is 0.493 e. The Hall–Kier alpha value is -2.23. The summed E-state index contributed by atoms with van der Waals surface area (Å²) in [4.78, 5) is 20.4. The molecule has 0 aromatic carbocycles. The number of rotatable bonds is 5. The number of aromatic nitrogens is 2. The van der Waals surface area contributed by atoms with Crippen LogP contribution >= 0.6 is 11.6 Å². The van der Waals surface area contributed by atoms with Crippen LogP contribution in [0, 0.1) is 5.92 Å². The molecular formula is C17H19ClN4O4S. The maximum absolute atomic E-state index is 12.7. The first-order valence-corrected chi connectivity index (χ1v) is 10.2. The van der Waals surface area contributed by atoms with Crippen LogP contribution in [0.3, 0.4) is 0 Å². The Morgan fingerprint density at radius 1 is 1.22 bits per heavy atom. The minimum absolute atomic E-state index is 0.0206. The van der Waals surface area contributed by atoms with E-state index in [0.29, 0.717) is 24.4 Å². The van der Waals surface area contributed by atoms with Crippen LogP contribution in [0.1, 0.15) is 12.8 Å². The third-order valence-electron chi connectivity index (χ3n) is 4.40. The summed E-state index contributed by atoms with van der Waals surface area (Å²) in [6, 6.07) is 6.37. The number of hydrogen-bond donors (Lipinski definition) is 1. The van der Waals surface area contributed by atoms with E-state index in [9.17, 15) is 13.2 Å². The third kappa shape index (κ3) is 4.20. The van der Waals surface area contributed by atoms with E-state index in [-0.39, 0.29) is 35.0 Å². The van der Waals surface area contributed by atoms with Gasteiger partial charge in [-0.15, -0.1) is 0 Å². The molecule has 27 heavy (non-hydrogen) atoms. The summed E-state index contributed by atoms with van der Waals surface area (Å²) in [6.07, 6.45) is 3.80. The number of halogens is 1. The second-order valence-corrected chi connectivity index (χ2v) is 8.28. The maximum atomic E-state index is 12.7. The van der Waals surface area contributed by atoms with Gasteiger partial charge in [-0.1, -0.05) is 11.6 Å². The Kier molecular flexibility index (Phi) is 5.93. The molecule has 3 rings (SSSR count). The molecule has 8 nitrogen and oxygen atoms in total. The van der Waals surface area contributed by atoms with E-state index in [1.807, 2.05) is 0 Å². The van der Waals surface area contributed by atoms with Gasteiger partial charge in [0, 0.05) is 31.4 Å². The molecule has 1 fully saturated rings. The number of hydrogen-bond acceptors (Lipinski definition) is 6. The number of pyridine rings is 2. The van der Waals surface area contributed by atoms with Crippen molar-refractivity contribution in [2.75, 3.05) is 25.5 Å². The zero-order valence-corrected chi connectivity index (χ0v) is 16.2. The summed E-state index contributed by atoms with van der Waals surface area (Å²) in [7, 11) is -2.24. The summed E-state index contributed by atoms with van der Waals surface area (Å²) in [5.74, 6) is 0.301. The Balaban J connectivity index is 1.65. The highest BCUT2D eigenvalue weighted by molar-refractivity contribution is 7.89. The Morgan fingerprint density at radius 2 is 1.89 bits per heavy atom. The Labute approximate surface area is 162 Å². The van der Waals surface area contributed by atoms with Gasteiger partial charge in [-0.25, -0.2) is 18.4 Å². The minimum Gasteiger partial charge on any atom is -0.493 e. The van der Waals surface area contributed by atoms with Gasteiger partial charge in [-0.3, -0.25) is 4.79 Å². The smallest absolute Gasteiger partial charge is 0.246 e. The molecule has 1 amide bonds. The summed E-state index contributed by atoms with van der Waals surface area (Å²) >= 11 is 5.93. The highest BCUT2D eigenvalue weighted by Crippen LogP contribution is 2.28. The van der Waals surface area contributed by atoms with Gasteiger partial charge in [0.05, 0.1) is 7.11 Å². The fourth-order valence-corrected chi connectivity index (χ4v) is 4.83. The van der Waals surface area contributed by atoms with Crippen molar-refractivity contribution in [2.24, 2.45) is 5.92 Å². The standard InChI is InChI=1S/C17H19ClN4O4S/c1-26-13-4-2-9-20-16(13)21-17(23)12-6-10-22(11-7-12)27(24,25)14-5-3-8-19-15(14)18/h2-5,8-9,12H,6-7,10-11H2,1H3,(H,20,21,23). The second kappa shape index (κ2) is 8.20. The fraction of sp³-hybridized carbons (Fsp3) is 0.353. The molecule has 1 N–H and O–H groups in total. The van der Waals surface area contributed by atoms with Crippen LogP contribution in [0.4, 0.5) is 5.82 Å². The number of amides is 1. The monoisotopic (exact) mass is 410 g/mol. The maximum Gasteiger partial charge on any atom is 0.246 e. The number of piperidine rings is 1. The van der Waals surface area contributed by atoms with Crippen LogP contribution in [0.15, 0.2) is 41.6 Å². The number of carbonyl (C=O) groups is 1. The molecule has 0 saturated carbocycles. The average Bonchev–Trinajstić information content (AvgIpc) is 2.68. The molecule has 0 spiro atoms. The second-order valence-electron chi connectivity index (χ2n) is 6.01. The van der Waals surface area contributed by atoms with E-state index in [1.54, 1.807) is 18.3 Å². The molecule has 1 aliphatic heterocycles.